The van der Waals surface area contributed by atoms with E-state index >= 15 is 0 Å². The van der Waals surface area contributed by atoms with Crippen molar-refractivity contribution in [3.8, 4) is 5.69 Å². The number of hydrogen-bond donors (Lipinski definition) is 1. The van der Waals surface area contributed by atoms with E-state index in [1.54, 1.807) is 35.9 Å². The number of hydrogen-bond acceptors (Lipinski definition) is 4. The summed E-state index contributed by atoms with van der Waals surface area (Å²) in [5, 5.41) is 3.24. The van der Waals surface area contributed by atoms with Gasteiger partial charge in [-0.2, -0.15) is 0 Å². The second-order valence-electron chi connectivity index (χ2n) is 5.51. The van der Waals surface area contributed by atoms with Crippen LogP contribution in [0.15, 0.2) is 53.3 Å². The highest BCUT2D eigenvalue weighted by Crippen LogP contribution is 2.23. The molecule has 0 aliphatic rings. The van der Waals surface area contributed by atoms with Crippen LogP contribution in [0.25, 0.3) is 16.6 Å². The van der Waals surface area contributed by atoms with Gasteiger partial charge in [-0.1, -0.05) is 18.2 Å². The van der Waals surface area contributed by atoms with Gasteiger partial charge in [0.2, 0.25) is 0 Å². The van der Waals surface area contributed by atoms with Crippen LogP contribution in [0.4, 0.5) is 4.39 Å². The van der Waals surface area contributed by atoms with E-state index < -0.39 is 11.8 Å². The molecule has 2 aromatic carbocycles. The van der Waals surface area contributed by atoms with Gasteiger partial charge >= 0.3 is 5.97 Å². The van der Waals surface area contributed by atoms with Crippen molar-refractivity contribution in [2.75, 3.05) is 14.2 Å². The maximum Gasteiger partial charge on any atom is 0.355 e. The Morgan fingerprint density at radius 3 is 2.56 bits per heavy atom. The molecule has 0 saturated heterocycles. The number of carbonyl (C=O) groups is 1. The van der Waals surface area contributed by atoms with Crippen molar-refractivity contribution in [2.24, 2.45) is 0 Å². The van der Waals surface area contributed by atoms with Crippen molar-refractivity contribution in [1.82, 2.24) is 9.88 Å². The fraction of sp³-hybridized carbons (Fsp3) is 0.158. The molecule has 5 nitrogen and oxygen atoms in total. The summed E-state index contributed by atoms with van der Waals surface area (Å²) in [6.45, 7) is 0.184. The van der Waals surface area contributed by atoms with Gasteiger partial charge in [-0.15, -0.1) is 0 Å². The van der Waals surface area contributed by atoms with E-state index in [-0.39, 0.29) is 23.2 Å². The molecule has 1 heterocycles. The summed E-state index contributed by atoms with van der Waals surface area (Å²) in [7, 11) is 2.93. The van der Waals surface area contributed by atoms with E-state index in [1.807, 2.05) is 6.07 Å². The van der Waals surface area contributed by atoms with Crippen LogP contribution >= 0.6 is 0 Å². The Morgan fingerprint density at radius 1 is 1.20 bits per heavy atom. The monoisotopic (exact) mass is 340 g/mol. The van der Waals surface area contributed by atoms with Crippen LogP contribution in [0.3, 0.4) is 0 Å². The van der Waals surface area contributed by atoms with Crippen LogP contribution in [-0.4, -0.2) is 24.7 Å². The van der Waals surface area contributed by atoms with Crippen molar-refractivity contribution in [3.05, 3.63) is 75.8 Å². The molecule has 0 atom stereocenters. The quantitative estimate of drug-likeness (QED) is 0.742. The fourth-order valence-electron chi connectivity index (χ4n) is 2.90. The van der Waals surface area contributed by atoms with E-state index in [0.29, 0.717) is 16.6 Å². The number of fused-ring (bicyclic) bond motifs is 1. The third-order valence-corrected chi connectivity index (χ3v) is 3.98. The smallest absolute Gasteiger partial charge is 0.355 e. The second-order valence-corrected chi connectivity index (χ2v) is 5.51. The molecule has 0 spiro atoms. The SMILES string of the molecule is CNCc1c(C(=O)OC)n(-c2ccccc2)c2cc(F)ccc2c1=O. The van der Waals surface area contributed by atoms with E-state index in [2.05, 4.69) is 5.32 Å². The number of pyridine rings is 1. The number of methoxy groups -OCH3 is 1. The van der Waals surface area contributed by atoms with Gasteiger partial charge in [0.25, 0.3) is 0 Å². The lowest BCUT2D eigenvalue weighted by Gasteiger charge is -2.19. The summed E-state index contributed by atoms with van der Waals surface area (Å²) >= 11 is 0. The molecule has 0 unspecified atom stereocenters. The van der Waals surface area contributed by atoms with E-state index in [1.165, 1.54) is 25.3 Å². The van der Waals surface area contributed by atoms with Crippen LogP contribution in [0.5, 0.6) is 0 Å². The number of carbonyl (C=O) groups excluding carboxylic acids is 1. The highest BCUT2D eigenvalue weighted by molar-refractivity contribution is 5.95. The molecule has 0 bridgehead atoms. The highest BCUT2D eigenvalue weighted by Gasteiger charge is 2.23. The molecule has 25 heavy (non-hydrogen) atoms. The highest BCUT2D eigenvalue weighted by atomic mass is 19.1. The molecule has 0 aliphatic heterocycles. The van der Waals surface area contributed by atoms with Crippen LogP contribution in [0.1, 0.15) is 16.1 Å². The van der Waals surface area contributed by atoms with Crippen molar-refractivity contribution in [2.45, 2.75) is 6.54 Å². The van der Waals surface area contributed by atoms with Gasteiger partial charge < -0.3 is 14.6 Å². The Bertz CT molecular complexity index is 997. The average molecular weight is 340 g/mol. The number of aromatic nitrogens is 1. The number of nitrogens with one attached hydrogen (secondary N) is 1. The summed E-state index contributed by atoms with van der Waals surface area (Å²) in [5.41, 5.74) is 0.993. The Hall–Kier alpha value is -2.99. The molecule has 0 fully saturated rings. The average Bonchev–Trinajstić information content (AvgIpc) is 2.63. The third-order valence-electron chi connectivity index (χ3n) is 3.98. The van der Waals surface area contributed by atoms with Gasteiger partial charge in [-0.25, -0.2) is 9.18 Å². The van der Waals surface area contributed by atoms with Gasteiger partial charge in [0.1, 0.15) is 11.5 Å². The molecule has 6 heteroatoms. The molecule has 0 amide bonds. The fourth-order valence-corrected chi connectivity index (χ4v) is 2.90. The number of para-hydroxylation sites is 1. The zero-order valence-electron chi connectivity index (χ0n) is 13.9. The van der Waals surface area contributed by atoms with Crippen LogP contribution < -0.4 is 10.7 Å². The Kier molecular flexibility index (Phi) is 4.63. The van der Waals surface area contributed by atoms with E-state index in [4.69, 9.17) is 4.74 Å². The Balaban J connectivity index is 2.55. The lowest BCUT2D eigenvalue weighted by Crippen LogP contribution is -2.27. The van der Waals surface area contributed by atoms with Crippen molar-refractivity contribution in [3.63, 3.8) is 0 Å². The molecule has 3 aromatic rings. The van der Waals surface area contributed by atoms with Gasteiger partial charge in [0.05, 0.1) is 12.6 Å². The molecule has 0 radical (unpaired) electrons. The third kappa shape index (κ3) is 2.92. The minimum absolute atomic E-state index is 0.0890. The summed E-state index contributed by atoms with van der Waals surface area (Å²) in [4.78, 5) is 25.4. The minimum Gasteiger partial charge on any atom is -0.464 e. The first kappa shape index (κ1) is 16.9. The lowest BCUT2D eigenvalue weighted by molar-refractivity contribution is 0.0589. The molecular formula is C19H17FN2O3. The largest absolute Gasteiger partial charge is 0.464 e. The maximum atomic E-state index is 13.9. The van der Waals surface area contributed by atoms with Gasteiger partial charge in [0, 0.05) is 23.2 Å². The number of esters is 1. The Morgan fingerprint density at radius 2 is 1.92 bits per heavy atom. The first-order valence-electron chi connectivity index (χ1n) is 7.74. The van der Waals surface area contributed by atoms with E-state index in [9.17, 15) is 14.0 Å². The number of benzene rings is 2. The van der Waals surface area contributed by atoms with Gasteiger partial charge in [0.15, 0.2) is 5.43 Å². The molecule has 1 aromatic heterocycles. The molecular weight excluding hydrogens is 323 g/mol. The van der Waals surface area contributed by atoms with Crippen molar-refractivity contribution in [1.29, 1.82) is 0 Å². The Labute approximate surface area is 143 Å². The van der Waals surface area contributed by atoms with Crippen LogP contribution in [0, 0.1) is 5.82 Å². The predicted molar refractivity (Wildman–Crippen MR) is 93.6 cm³/mol. The molecule has 1 N–H and O–H groups in total. The molecule has 0 aliphatic carbocycles. The number of nitrogens with zero attached hydrogens (tertiary/aromatic N) is 1. The van der Waals surface area contributed by atoms with Gasteiger partial charge in [-0.3, -0.25) is 4.79 Å². The number of rotatable bonds is 4. The molecule has 128 valence electrons. The number of ether oxygens (including phenoxy) is 1. The summed E-state index contributed by atoms with van der Waals surface area (Å²) in [6.07, 6.45) is 0. The summed E-state index contributed by atoms with van der Waals surface area (Å²) < 4.78 is 20.4. The predicted octanol–water partition coefficient (Wildman–Crippen LogP) is 2.64. The lowest BCUT2D eigenvalue weighted by atomic mass is 10.1. The van der Waals surface area contributed by atoms with Crippen LogP contribution in [0.2, 0.25) is 0 Å². The topological polar surface area (TPSA) is 60.3 Å². The normalized spacial score (nSPS) is 10.8. The summed E-state index contributed by atoms with van der Waals surface area (Å²) in [5.74, 6) is -1.15. The van der Waals surface area contributed by atoms with Crippen molar-refractivity contribution >= 4 is 16.9 Å². The second kappa shape index (κ2) is 6.86. The van der Waals surface area contributed by atoms with E-state index in [0.717, 1.165) is 0 Å². The zero-order chi connectivity index (χ0) is 18.0. The molecule has 0 saturated carbocycles. The number of halogens is 1. The first-order chi connectivity index (χ1) is 12.1. The standard InChI is InChI=1S/C19H17FN2O3/c1-21-11-15-17(19(24)25-2)22(13-6-4-3-5-7-13)16-10-12(20)8-9-14(16)18(15)23/h3-10,21H,11H2,1-2H3. The zero-order valence-corrected chi connectivity index (χ0v) is 13.9. The molecule has 3 rings (SSSR count). The van der Waals surface area contributed by atoms with Crippen LogP contribution in [-0.2, 0) is 11.3 Å². The van der Waals surface area contributed by atoms with Gasteiger partial charge in [-0.05, 0) is 37.4 Å². The summed E-state index contributed by atoms with van der Waals surface area (Å²) in [6, 6.07) is 12.9. The van der Waals surface area contributed by atoms with Crippen molar-refractivity contribution < 1.29 is 13.9 Å². The minimum atomic E-state index is -0.655. The maximum absolute atomic E-state index is 13.9. The first-order valence-corrected chi connectivity index (χ1v) is 7.74.